The second kappa shape index (κ2) is 5.97. The van der Waals surface area contributed by atoms with Gasteiger partial charge in [0.05, 0.1) is 0 Å². The van der Waals surface area contributed by atoms with Crippen LogP contribution >= 0.6 is 0 Å². The first-order valence-corrected chi connectivity index (χ1v) is 7.09. The molecule has 1 aliphatic rings. The molecule has 0 saturated carbocycles. The summed E-state index contributed by atoms with van der Waals surface area (Å²) in [7, 11) is 0. The highest BCUT2D eigenvalue weighted by Gasteiger charge is 2.09. The molecule has 0 saturated heterocycles. The third-order valence-electron chi connectivity index (χ3n) is 3.52. The van der Waals surface area contributed by atoms with Gasteiger partial charge in [-0.05, 0) is 61.4 Å². The van der Waals surface area contributed by atoms with Crippen LogP contribution in [0.1, 0.15) is 22.6 Å². The lowest BCUT2D eigenvalue weighted by Gasteiger charge is -2.17. The second-order valence-corrected chi connectivity index (χ2v) is 5.18. The first kappa shape index (κ1) is 13.6. The van der Waals surface area contributed by atoms with Crippen LogP contribution in [0, 0.1) is 6.92 Å². The number of carbonyl (C=O) groups is 1. The number of amides is 1. The highest BCUT2D eigenvalue weighted by atomic mass is 16.3. The minimum atomic E-state index is -0.159. The van der Waals surface area contributed by atoms with Crippen LogP contribution in [0.2, 0.25) is 0 Å². The van der Waals surface area contributed by atoms with Gasteiger partial charge in [-0.3, -0.25) is 4.79 Å². The van der Waals surface area contributed by atoms with Gasteiger partial charge in [-0.2, -0.15) is 0 Å². The largest absolute Gasteiger partial charge is 0.462 e. The molecule has 2 heterocycles. The molecular formula is C17H18N2O2. The number of anilines is 1. The molecule has 3 rings (SSSR count). The van der Waals surface area contributed by atoms with Gasteiger partial charge in [0.2, 0.25) is 5.91 Å². The minimum absolute atomic E-state index is 0.159. The van der Waals surface area contributed by atoms with E-state index in [-0.39, 0.29) is 5.91 Å². The molecule has 2 N–H and O–H groups in total. The zero-order valence-corrected chi connectivity index (χ0v) is 12.0. The molecule has 1 amide bonds. The second-order valence-electron chi connectivity index (χ2n) is 5.18. The molecule has 0 bridgehead atoms. The molecular weight excluding hydrogens is 264 g/mol. The van der Waals surface area contributed by atoms with Crippen LogP contribution in [0.15, 0.2) is 40.8 Å². The van der Waals surface area contributed by atoms with Gasteiger partial charge in [-0.15, -0.1) is 0 Å². The topological polar surface area (TPSA) is 54.3 Å². The first-order chi connectivity index (χ1) is 10.2. The highest BCUT2D eigenvalue weighted by molar-refractivity contribution is 6.01. The van der Waals surface area contributed by atoms with Gasteiger partial charge in [0, 0.05) is 18.3 Å². The van der Waals surface area contributed by atoms with Crippen molar-refractivity contribution in [2.45, 2.75) is 19.9 Å². The molecule has 1 aliphatic heterocycles. The van der Waals surface area contributed by atoms with Crippen molar-refractivity contribution in [3.8, 4) is 0 Å². The Morgan fingerprint density at radius 1 is 1.29 bits per heavy atom. The van der Waals surface area contributed by atoms with E-state index < -0.39 is 0 Å². The van der Waals surface area contributed by atoms with E-state index in [1.165, 1.54) is 17.2 Å². The van der Waals surface area contributed by atoms with Gasteiger partial charge in [0.25, 0.3) is 0 Å². The molecule has 21 heavy (non-hydrogen) atoms. The van der Waals surface area contributed by atoms with Crippen molar-refractivity contribution >= 4 is 17.7 Å². The van der Waals surface area contributed by atoms with E-state index >= 15 is 0 Å². The SMILES string of the molecule is Cc1ccc(C=CC(=O)Nc2ccc3c(c2)CNCC3)o1. The molecule has 108 valence electrons. The van der Waals surface area contributed by atoms with Crippen LogP contribution in [0.25, 0.3) is 6.08 Å². The lowest BCUT2D eigenvalue weighted by molar-refractivity contribution is -0.111. The summed E-state index contributed by atoms with van der Waals surface area (Å²) < 4.78 is 5.38. The predicted molar refractivity (Wildman–Crippen MR) is 83.0 cm³/mol. The van der Waals surface area contributed by atoms with E-state index in [9.17, 15) is 4.79 Å². The van der Waals surface area contributed by atoms with Gasteiger partial charge in [0.15, 0.2) is 0 Å². The molecule has 1 aromatic heterocycles. The van der Waals surface area contributed by atoms with Crippen molar-refractivity contribution in [1.82, 2.24) is 5.32 Å². The summed E-state index contributed by atoms with van der Waals surface area (Å²) in [5, 5.41) is 6.21. The summed E-state index contributed by atoms with van der Waals surface area (Å²) in [6, 6.07) is 9.78. The van der Waals surface area contributed by atoms with Crippen LogP contribution in [-0.4, -0.2) is 12.5 Å². The average Bonchev–Trinajstić information content (AvgIpc) is 2.91. The van der Waals surface area contributed by atoms with Gasteiger partial charge in [0.1, 0.15) is 11.5 Å². The smallest absolute Gasteiger partial charge is 0.248 e. The molecule has 0 unspecified atom stereocenters. The standard InChI is InChI=1S/C17H18N2O2/c1-12-2-5-16(21-12)6-7-17(20)19-15-4-3-13-8-9-18-11-14(13)10-15/h2-7,10,18H,8-9,11H2,1H3,(H,19,20). The van der Waals surface area contributed by atoms with Crippen LogP contribution in [0.4, 0.5) is 5.69 Å². The minimum Gasteiger partial charge on any atom is -0.462 e. The van der Waals surface area contributed by atoms with Crippen LogP contribution in [0.3, 0.4) is 0 Å². The maximum atomic E-state index is 11.9. The number of nitrogens with one attached hydrogen (secondary N) is 2. The normalized spacial score (nSPS) is 14.1. The molecule has 1 aromatic carbocycles. The molecule has 0 spiro atoms. The quantitative estimate of drug-likeness (QED) is 0.851. The number of fused-ring (bicyclic) bond motifs is 1. The molecule has 4 heteroatoms. The Bertz CT molecular complexity index is 686. The number of carbonyl (C=O) groups excluding carboxylic acids is 1. The number of hydrogen-bond acceptors (Lipinski definition) is 3. The third kappa shape index (κ3) is 3.41. The monoisotopic (exact) mass is 282 g/mol. The van der Waals surface area contributed by atoms with Crippen molar-refractivity contribution < 1.29 is 9.21 Å². The van der Waals surface area contributed by atoms with Crippen molar-refractivity contribution in [3.63, 3.8) is 0 Å². The van der Waals surface area contributed by atoms with Gasteiger partial charge in [-0.25, -0.2) is 0 Å². The number of hydrogen-bond donors (Lipinski definition) is 2. The molecule has 2 aromatic rings. The Morgan fingerprint density at radius 2 is 2.19 bits per heavy atom. The van der Waals surface area contributed by atoms with Gasteiger partial charge >= 0.3 is 0 Å². The van der Waals surface area contributed by atoms with E-state index in [0.29, 0.717) is 5.76 Å². The Morgan fingerprint density at radius 3 is 3.00 bits per heavy atom. The van der Waals surface area contributed by atoms with Crippen molar-refractivity contribution in [1.29, 1.82) is 0 Å². The number of aryl methyl sites for hydroxylation is 1. The maximum absolute atomic E-state index is 11.9. The first-order valence-electron chi connectivity index (χ1n) is 7.09. The fourth-order valence-electron chi connectivity index (χ4n) is 2.44. The molecule has 0 radical (unpaired) electrons. The maximum Gasteiger partial charge on any atom is 0.248 e. The predicted octanol–water partition coefficient (Wildman–Crippen LogP) is 2.89. The van der Waals surface area contributed by atoms with E-state index in [4.69, 9.17) is 4.42 Å². The van der Waals surface area contributed by atoms with Crippen molar-refractivity contribution in [3.05, 3.63) is 59.1 Å². The summed E-state index contributed by atoms with van der Waals surface area (Å²) in [5.74, 6) is 1.35. The Labute approximate surface area is 123 Å². The van der Waals surface area contributed by atoms with E-state index in [1.54, 1.807) is 6.08 Å². The van der Waals surface area contributed by atoms with Gasteiger partial charge in [-0.1, -0.05) is 6.07 Å². The lowest BCUT2D eigenvalue weighted by atomic mass is 10.0. The third-order valence-corrected chi connectivity index (χ3v) is 3.52. The Balaban J connectivity index is 1.66. The Hall–Kier alpha value is -2.33. The molecule has 0 fully saturated rings. The van der Waals surface area contributed by atoms with Crippen molar-refractivity contribution in [2.75, 3.05) is 11.9 Å². The molecule has 0 aliphatic carbocycles. The fraction of sp³-hybridized carbons (Fsp3) is 0.235. The van der Waals surface area contributed by atoms with Crippen LogP contribution < -0.4 is 10.6 Å². The Kier molecular flexibility index (Phi) is 3.88. The summed E-state index contributed by atoms with van der Waals surface area (Å²) in [5.41, 5.74) is 3.43. The zero-order valence-electron chi connectivity index (χ0n) is 12.0. The van der Waals surface area contributed by atoms with Gasteiger partial charge < -0.3 is 15.1 Å². The lowest BCUT2D eigenvalue weighted by Crippen LogP contribution is -2.23. The highest BCUT2D eigenvalue weighted by Crippen LogP contribution is 2.19. The summed E-state index contributed by atoms with van der Waals surface area (Å²) >= 11 is 0. The van der Waals surface area contributed by atoms with Crippen molar-refractivity contribution in [2.24, 2.45) is 0 Å². The summed E-state index contributed by atoms with van der Waals surface area (Å²) in [4.78, 5) is 11.9. The summed E-state index contributed by atoms with van der Waals surface area (Å²) in [6.07, 6.45) is 4.19. The number of rotatable bonds is 3. The number of benzene rings is 1. The van der Waals surface area contributed by atoms with Crippen LogP contribution in [0.5, 0.6) is 0 Å². The molecule has 0 atom stereocenters. The van der Waals surface area contributed by atoms with E-state index in [1.807, 2.05) is 31.2 Å². The fourth-order valence-corrected chi connectivity index (χ4v) is 2.44. The van der Waals surface area contributed by atoms with E-state index in [2.05, 4.69) is 16.7 Å². The van der Waals surface area contributed by atoms with E-state index in [0.717, 1.165) is 31.0 Å². The average molecular weight is 282 g/mol. The number of furan rings is 1. The van der Waals surface area contributed by atoms with Crippen LogP contribution in [-0.2, 0) is 17.8 Å². The summed E-state index contributed by atoms with van der Waals surface area (Å²) in [6.45, 7) is 3.75. The zero-order chi connectivity index (χ0) is 14.7. The molecule has 4 nitrogen and oxygen atoms in total.